The van der Waals surface area contributed by atoms with Crippen LogP contribution < -0.4 is 11.1 Å². The number of hydrogen-bond donors (Lipinski definition) is 3. The van der Waals surface area contributed by atoms with E-state index in [9.17, 15) is 9.90 Å². The normalized spacial score (nSPS) is 12.1. The van der Waals surface area contributed by atoms with Crippen molar-refractivity contribution in [2.24, 2.45) is 11.7 Å². The zero-order valence-electron chi connectivity index (χ0n) is 10.9. The Morgan fingerprint density at radius 1 is 1.44 bits per heavy atom. The fourth-order valence-electron chi connectivity index (χ4n) is 1.93. The monoisotopic (exact) mass is 250 g/mol. The Hall–Kier alpha value is -1.55. The van der Waals surface area contributed by atoms with Gasteiger partial charge in [0.25, 0.3) is 0 Å². The Morgan fingerprint density at radius 2 is 2.22 bits per heavy atom. The molecule has 4 heteroatoms. The highest BCUT2D eigenvalue weighted by atomic mass is 16.3. The van der Waals surface area contributed by atoms with Crippen LogP contribution in [0.3, 0.4) is 0 Å². The fraction of sp³-hybridized carbons (Fsp3) is 0.500. The zero-order valence-corrected chi connectivity index (χ0v) is 10.9. The van der Waals surface area contributed by atoms with Crippen molar-refractivity contribution in [3.8, 4) is 5.75 Å². The van der Waals surface area contributed by atoms with Gasteiger partial charge >= 0.3 is 0 Å². The average molecular weight is 250 g/mol. The van der Waals surface area contributed by atoms with Crippen molar-refractivity contribution < 1.29 is 9.90 Å². The third-order valence-electron chi connectivity index (χ3n) is 3.06. The number of benzene rings is 1. The maximum absolute atomic E-state index is 11.7. The first-order valence-corrected chi connectivity index (χ1v) is 6.44. The van der Waals surface area contributed by atoms with Crippen LogP contribution in [0.2, 0.25) is 0 Å². The molecule has 1 aromatic rings. The van der Waals surface area contributed by atoms with Crippen LogP contribution in [0.5, 0.6) is 5.75 Å². The van der Waals surface area contributed by atoms with Gasteiger partial charge in [-0.3, -0.25) is 4.79 Å². The lowest BCUT2D eigenvalue weighted by Crippen LogP contribution is -2.15. The largest absolute Gasteiger partial charge is 0.508 e. The Labute approximate surface area is 108 Å². The summed E-state index contributed by atoms with van der Waals surface area (Å²) in [5, 5.41) is 12.1. The first-order chi connectivity index (χ1) is 8.65. The molecular weight excluding hydrogens is 228 g/mol. The number of amides is 1. The second kappa shape index (κ2) is 7.71. The molecule has 4 nitrogen and oxygen atoms in total. The summed E-state index contributed by atoms with van der Waals surface area (Å²) in [6, 6.07) is 6.57. The van der Waals surface area contributed by atoms with E-state index in [4.69, 9.17) is 5.73 Å². The van der Waals surface area contributed by atoms with E-state index in [1.165, 1.54) is 6.07 Å². The molecule has 0 aliphatic heterocycles. The van der Waals surface area contributed by atoms with Crippen molar-refractivity contribution >= 4 is 11.6 Å². The number of carbonyl (C=O) groups is 1. The molecule has 1 aromatic carbocycles. The van der Waals surface area contributed by atoms with Crippen molar-refractivity contribution in [3.63, 3.8) is 0 Å². The highest BCUT2D eigenvalue weighted by Crippen LogP contribution is 2.18. The van der Waals surface area contributed by atoms with Gasteiger partial charge in [-0.15, -0.1) is 0 Å². The lowest BCUT2D eigenvalue weighted by atomic mass is 9.96. The molecule has 0 bridgehead atoms. The predicted molar refractivity (Wildman–Crippen MR) is 73.4 cm³/mol. The molecule has 0 saturated heterocycles. The Kier molecular flexibility index (Phi) is 6.22. The van der Waals surface area contributed by atoms with E-state index >= 15 is 0 Å². The van der Waals surface area contributed by atoms with Crippen molar-refractivity contribution in [3.05, 3.63) is 24.3 Å². The van der Waals surface area contributed by atoms with Crippen molar-refractivity contribution in [1.29, 1.82) is 0 Å². The highest BCUT2D eigenvalue weighted by molar-refractivity contribution is 5.90. The molecule has 1 amide bonds. The van der Waals surface area contributed by atoms with Gasteiger partial charge in [-0.25, -0.2) is 0 Å². The van der Waals surface area contributed by atoms with E-state index in [0.717, 1.165) is 19.3 Å². The van der Waals surface area contributed by atoms with Gasteiger partial charge in [-0.1, -0.05) is 19.4 Å². The molecule has 0 heterocycles. The summed E-state index contributed by atoms with van der Waals surface area (Å²) in [5.41, 5.74) is 6.15. The first-order valence-electron chi connectivity index (χ1n) is 6.44. The van der Waals surface area contributed by atoms with Crippen molar-refractivity contribution in [2.75, 3.05) is 11.9 Å². The van der Waals surface area contributed by atoms with Crippen LogP contribution in [0.25, 0.3) is 0 Å². The van der Waals surface area contributed by atoms with Gasteiger partial charge in [0.1, 0.15) is 5.75 Å². The van der Waals surface area contributed by atoms with Gasteiger partial charge < -0.3 is 16.2 Å². The third-order valence-corrected chi connectivity index (χ3v) is 3.06. The highest BCUT2D eigenvalue weighted by Gasteiger charge is 2.09. The summed E-state index contributed by atoms with van der Waals surface area (Å²) in [4.78, 5) is 11.7. The minimum Gasteiger partial charge on any atom is -0.508 e. The van der Waals surface area contributed by atoms with E-state index in [1.54, 1.807) is 18.2 Å². The quantitative estimate of drug-likeness (QED) is 0.696. The lowest BCUT2D eigenvalue weighted by molar-refractivity contribution is -0.116. The molecule has 18 heavy (non-hydrogen) atoms. The summed E-state index contributed by atoms with van der Waals surface area (Å²) < 4.78 is 0. The molecule has 0 fully saturated rings. The van der Waals surface area contributed by atoms with Gasteiger partial charge in [0.05, 0.1) is 0 Å². The minimum atomic E-state index is -0.0175. The summed E-state index contributed by atoms with van der Waals surface area (Å²) in [7, 11) is 0. The van der Waals surface area contributed by atoms with E-state index in [-0.39, 0.29) is 11.7 Å². The molecule has 0 aliphatic carbocycles. The Morgan fingerprint density at radius 3 is 2.83 bits per heavy atom. The number of anilines is 1. The van der Waals surface area contributed by atoms with Crippen LogP contribution in [0.4, 0.5) is 5.69 Å². The average Bonchev–Trinajstić information content (AvgIpc) is 2.34. The molecule has 0 saturated carbocycles. The Bertz CT molecular complexity index is 380. The fourth-order valence-corrected chi connectivity index (χ4v) is 1.93. The summed E-state index contributed by atoms with van der Waals surface area (Å²) >= 11 is 0. The number of hydrogen-bond acceptors (Lipinski definition) is 3. The third kappa shape index (κ3) is 5.19. The van der Waals surface area contributed by atoms with Crippen LogP contribution >= 0.6 is 0 Å². The van der Waals surface area contributed by atoms with Gasteiger partial charge in [0.15, 0.2) is 0 Å². The molecule has 0 spiro atoms. The summed E-state index contributed by atoms with van der Waals surface area (Å²) in [5.74, 6) is 0.656. The van der Waals surface area contributed by atoms with E-state index < -0.39 is 0 Å². The zero-order chi connectivity index (χ0) is 13.4. The number of aromatic hydroxyl groups is 1. The van der Waals surface area contributed by atoms with Crippen LogP contribution in [-0.2, 0) is 4.79 Å². The molecule has 4 N–H and O–H groups in total. The smallest absolute Gasteiger partial charge is 0.224 e. The molecule has 0 aliphatic rings. The van der Waals surface area contributed by atoms with Crippen LogP contribution in [0.1, 0.15) is 32.6 Å². The SMILES string of the molecule is CCC(CCN)CCC(=O)Nc1cccc(O)c1. The Balaban J connectivity index is 2.37. The number of nitrogens with two attached hydrogens (primary N) is 1. The molecule has 100 valence electrons. The van der Waals surface area contributed by atoms with Crippen molar-refractivity contribution in [1.82, 2.24) is 0 Å². The molecule has 1 atom stereocenters. The van der Waals surface area contributed by atoms with Gasteiger partial charge in [0, 0.05) is 18.2 Å². The predicted octanol–water partition coefficient (Wildman–Crippen LogP) is 2.49. The number of carbonyl (C=O) groups excluding carboxylic acids is 1. The molecule has 1 rings (SSSR count). The summed E-state index contributed by atoms with van der Waals surface area (Å²) in [6.07, 6.45) is 3.37. The summed E-state index contributed by atoms with van der Waals surface area (Å²) in [6.45, 7) is 2.79. The van der Waals surface area contributed by atoms with Crippen LogP contribution in [0.15, 0.2) is 24.3 Å². The lowest BCUT2D eigenvalue weighted by Gasteiger charge is -2.13. The van der Waals surface area contributed by atoms with Crippen molar-refractivity contribution in [2.45, 2.75) is 32.6 Å². The van der Waals surface area contributed by atoms with Crippen LogP contribution in [-0.4, -0.2) is 17.6 Å². The maximum Gasteiger partial charge on any atom is 0.224 e. The van der Waals surface area contributed by atoms with Gasteiger partial charge in [0.2, 0.25) is 5.91 Å². The number of nitrogens with one attached hydrogen (secondary N) is 1. The van der Waals surface area contributed by atoms with E-state index in [1.807, 2.05) is 0 Å². The maximum atomic E-state index is 11.7. The number of rotatable bonds is 7. The van der Waals surface area contributed by atoms with E-state index in [0.29, 0.717) is 24.6 Å². The second-order valence-electron chi connectivity index (χ2n) is 4.49. The second-order valence-corrected chi connectivity index (χ2v) is 4.49. The van der Waals surface area contributed by atoms with E-state index in [2.05, 4.69) is 12.2 Å². The van der Waals surface area contributed by atoms with Crippen LogP contribution in [0, 0.1) is 5.92 Å². The molecule has 0 radical (unpaired) electrons. The standard InChI is InChI=1S/C14H22N2O2/c1-2-11(8-9-15)6-7-14(18)16-12-4-3-5-13(17)10-12/h3-5,10-11,17H,2,6-9,15H2,1H3,(H,16,18). The first kappa shape index (κ1) is 14.5. The topological polar surface area (TPSA) is 75.4 Å². The molecule has 1 unspecified atom stereocenters. The number of phenolic OH excluding ortho intramolecular Hbond substituents is 1. The molecular formula is C14H22N2O2. The molecule has 0 aromatic heterocycles. The van der Waals surface area contributed by atoms with Gasteiger partial charge in [-0.05, 0) is 37.4 Å². The minimum absolute atomic E-state index is 0.0175. The number of phenols is 1. The van der Waals surface area contributed by atoms with Gasteiger partial charge in [-0.2, -0.15) is 0 Å².